The largest absolute Gasteiger partial charge is 0.449 e. The smallest absolute Gasteiger partial charge is 0.409 e. The van der Waals surface area contributed by atoms with Crippen molar-refractivity contribution in [3.63, 3.8) is 0 Å². The first-order chi connectivity index (χ1) is 12.7. The molecule has 2 aliphatic heterocycles. The van der Waals surface area contributed by atoms with Gasteiger partial charge in [-0.25, -0.2) is 9.78 Å². The molecule has 0 unspecified atom stereocenters. The average molecular weight is 427 g/mol. The van der Waals surface area contributed by atoms with Gasteiger partial charge in [-0.15, -0.1) is 0 Å². The van der Waals surface area contributed by atoms with Gasteiger partial charge >= 0.3 is 6.09 Å². The molecule has 3 heterocycles. The van der Waals surface area contributed by atoms with Crippen LogP contribution in [0.3, 0.4) is 0 Å². The molecule has 0 N–H and O–H groups in total. The van der Waals surface area contributed by atoms with Crippen LogP contribution in [0.2, 0.25) is 0 Å². The van der Waals surface area contributed by atoms with Crippen LogP contribution < -0.4 is 0 Å². The molecule has 1 aromatic rings. The van der Waals surface area contributed by atoms with Crippen molar-refractivity contribution in [2.24, 2.45) is 0 Å². The van der Waals surface area contributed by atoms with Crippen molar-refractivity contribution in [2.75, 3.05) is 39.3 Å². The van der Waals surface area contributed by atoms with Crippen molar-refractivity contribution in [3.8, 4) is 0 Å². The molecule has 0 bridgehead atoms. The molecule has 0 aromatic carbocycles. The summed E-state index contributed by atoms with van der Waals surface area (Å²) in [5, 5.41) is 0. The van der Waals surface area contributed by atoms with E-state index in [4.69, 9.17) is 9.72 Å². The predicted octanol–water partition coefficient (Wildman–Crippen LogP) is 3.86. The van der Waals surface area contributed by atoms with E-state index in [2.05, 4.69) is 38.5 Å². The summed E-state index contributed by atoms with van der Waals surface area (Å²) in [5.74, 6) is 1.58. The third-order valence-electron chi connectivity index (χ3n) is 5.48. The van der Waals surface area contributed by atoms with Crippen molar-refractivity contribution >= 4 is 22.0 Å². The highest BCUT2D eigenvalue weighted by Gasteiger charge is 2.27. The highest BCUT2D eigenvalue weighted by atomic mass is 79.9. The van der Waals surface area contributed by atoms with E-state index in [1.54, 1.807) is 0 Å². The molecule has 1 amide bonds. The molecular formula is C19H31BrN4O2. The van der Waals surface area contributed by atoms with E-state index in [0.29, 0.717) is 12.5 Å². The Labute approximate surface area is 165 Å². The molecule has 0 atom stereocenters. The van der Waals surface area contributed by atoms with Crippen LogP contribution in [0.15, 0.2) is 10.8 Å². The van der Waals surface area contributed by atoms with Crippen LogP contribution in [0.1, 0.15) is 57.2 Å². The van der Waals surface area contributed by atoms with Crippen LogP contribution in [0.25, 0.3) is 0 Å². The van der Waals surface area contributed by atoms with Gasteiger partial charge in [-0.1, -0.05) is 13.3 Å². The van der Waals surface area contributed by atoms with Crippen LogP contribution in [-0.2, 0) is 11.3 Å². The Balaban J connectivity index is 1.51. The molecule has 2 saturated heterocycles. The predicted molar refractivity (Wildman–Crippen MR) is 105 cm³/mol. The first kappa shape index (κ1) is 19.7. The van der Waals surface area contributed by atoms with E-state index in [9.17, 15) is 4.79 Å². The molecule has 146 valence electrons. The molecule has 0 saturated carbocycles. The van der Waals surface area contributed by atoms with Crippen molar-refractivity contribution in [1.29, 1.82) is 0 Å². The van der Waals surface area contributed by atoms with Crippen molar-refractivity contribution in [1.82, 2.24) is 19.4 Å². The highest BCUT2D eigenvalue weighted by molar-refractivity contribution is 9.10. The van der Waals surface area contributed by atoms with Gasteiger partial charge in [0, 0.05) is 38.3 Å². The summed E-state index contributed by atoms with van der Waals surface area (Å²) in [6.45, 7) is 8.68. The topological polar surface area (TPSA) is 50.6 Å². The number of likely N-dealkylation sites (tertiary alicyclic amines) is 2. The molecule has 7 heteroatoms. The Bertz CT molecular complexity index is 578. The lowest BCUT2D eigenvalue weighted by Crippen LogP contribution is -2.39. The fourth-order valence-corrected chi connectivity index (χ4v) is 4.30. The lowest BCUT2D eigenvalue weighted by molar-refractivity contribution is 0.0909. The Morgan fingerprint density at radius 2 is 1.96 bits per heavy atom. The first-order valence-electron chi connectivity index (χ1n) is 10.0. The summed E-state index contributed by atoms with van der Waals surface area (Å²) in [7, 11) is 0. The minimum Gasteiger partial charge on any atom is -0.449 e. The summed E-state index contributed by atoms with van der Waals surface area (Å²) in [5.41, 5.74) is 0. The second kappa shape index (κ2) is 9.74. The average Bonchev–Trinajstić information content (AvgIpc) is 3.29. The lowest BCUT2D eigenvalue weighted by atomic mass is 9.96. The minimum atomic E-state index is -0.157. The summed E-state index contributed by atoms with van der Waals surface area (Å²) in [6, 6.07) is 0. The molecule has 3 rings (SSSR count). The molecule has 2 fully saturated rings. The van der Waals surface area contributed by atoms with Gasteiger partial charge in [-0.3, -0.25) is 0 Å². The van der Waals surface area contributed by atoms with Gasteiger partial charge in [0.15, 0.2) is 0 Å². The van der Waals surface area contributed by atoms with Crippen LogP contribution in [0, 0.1) is 0 Å². The van der Waals surface area contributed by atoms with Gasteiger partial charge in [-0.05, 0) is 61.1 Å². The normalized spacial score (nSPS) is 19.2. The van der Waals surface area contributed by atoms with Gasteiger partial charge in [0.25, 0.3) is 0 Å². The van der Waals surface area contributed by atoms with E-state index in [-0.39, 0.29) is 6.09 Å². The quantitative estimate of drug-likeness (QED) is 0.621. The molecule has 6 nitrogen and oxygen atoms in total. The zero-order chi connectivity index (χ0) is 18.4. The maximum atomic E-state index is 12.1. The van der Waals surface area contributed by atoms with E-state index >= 15 is 0 Å². The van der Waals surface area contributed by atoms with Crippen LogP contribution in [0.5, 0.6) is 0 Å². The minimum absolute atomic E-state index is 0.157. The number of carbonyl (C=O) groups excluding carboxylic acids is 1. The second-order valence-electron chi connectivity index (χ2n) is 7.39. The molecule has 26 heavy (non-hydrogen) atoms. The maximum absolute atomic E-state index is 12.1. The van der Waals surface area contributed by atoms with E-state index in [1.807, 2.05) is 4.90 Å². The van der Waals surface area contributed by atoms with Gasteiger partial charge in [0.05, 0.1) is 6.61 Å². The third-order valence-corrected chi connectivity index (χ3v) is 5.86. The molecule has 1 aromatic heterocycles. The number of hydrogen-bond donors (Lipinski definition) is 0. The first-order valence-corrected chi connectivity index (χ1v) is 10.8. The Morgan fingerprint density at radius 1 is 1.23 bits per heavy atom. The van der Waals surface area contributed by atoms with Gasteiger partial charge in [-0.2, -0.15) is 0 Å². The monoisotopic (exact) mass is 426 g/mol. The molecular weight excluding hydrogens is 396 g/mol. The SMILES string of the molecule is CCCCOC(=O)N1CCC(c2nc(Br)cn2CCN2CCCC2)CC1. The number of unbranched alkanes of at least 4 members (excludes halogenated alkanes) is 1. The van der Waals surface area contributed by atoms with Crippen LogP contribution >= 0.6 is 15.9 Å². The second-order valence-corrected chi connectivity index (χ2v) is 8.21. The molecule has 0 radical (unpaired) electrons. The number of carbonyl (C=O) groups is 1. The zero-order valence-corrected chi connectivity index (χ0v) is 17.4. The van der Waals surface area contributed by atoms with E-state index in [0.717, 1.165) is 62.3 Å². The molecule has 0 aliphatic carbocycles. The highest BCUT2D eigenvalue weighted by Crippen LogP contribution is 2.29. The van der Waals surface area contributed by atoms with Crippen molar-refractivity contribution < 1.29 is 9.53 Å². The number of halogens is 1. The van der Waals surface area contributed by atoms with E-state index in [1.165, 1.54) is 25.9 Å². The third kappa shape index (κ3) is 5.22. The van der Waals surface area contributed by atoms with Crippen molar-refractivity contribution in [2.45, 2.75) is 57.9 Å². The molecule has 0 spiro atoms. The lowest BCUT2D eigenvalue weighted by Gasteiger charge is -2.31. The summed E-state index contributed by atoms with van der Waals surface area (Å²) in [6.07, 6.45) is 8.49. The summed E-state index contributed by atoms with van der Waals surface area (Å²) < 4.78 is 8.56. The fraction of sp³-hybridized carbons (Fsp3) is 0.789. The molecule has 2 aliphatic rings. The standard InChI is InChI=1S/C19H31BrN4O2/c1-2-3-14-26-19(25)23-10-6-16(7-11-23)18-21-17(20)15-24(18)13-12-22-8-4-5-9-22/h15-16H,2-14H2,1H3. The zero-order valence-electron chi connectivity index (χ0n) is 15.8. The summed E-state index contributed by atoms with van der Waals surface area (Å²) in [4.78, 5) is 21.2. The van der Waals surface area contributed by atoms with E-state index < -0.39 is 0 Å². The van der Waals surface area contributed by atoms with Crippen LogP contribution in [0.4, 0.5) is 4.79 Å². The number of ether oxygens (including phenoxy) is 1. The van der Waals surface area contributed by atoms with Gasteiger partial charge in [0.2, 0.25) is 0 Å². The number of piperidine rings is 1. The van der Waals surface area contributed by atoms with Crippen LogP contribution in [-0.4, -0.2) is 64.8 Å². The Kier molecular flexibility index (Phi) is 7.37. The maximum Gasteiger partial charge on any atom is 0.409 e. The van der Waals surface area contributed by atoms with Crippen molar-refractivity contribution in [3.05, 3.63) is 16.6 Å². The number of imidazole rings is 1. The number of nitrogens with zero attached hydrogens (tertiary/aromatic N) is 4. The summed E-state index contributed by atoms with van der Waals surface area (Å²) >= 11 is 3.54. The Morgan fingerprint density at radius 3 is 2.65 bits per heavy atom. The fourth-order valence-electron chi connectivity index (χ4n) is 3.87. The van der Waals surface area contributed by atoms with Gasteiger partial charge in [0.1, 0.15) is 10.4 Å². The number of rotatable bonds is 7. The van der Waals surface area contributed by atoms with Gasteiger partial charge < -0.3 is 19.1 Å². The Hall–Kier alpha value is -1.08. The number of amides is 1. The number of aromatic nitrogens is 2. The number of hydrogen-bond acceptors (Lipinski definition) is 4.